The van der Waals surface area contributed by atoms with E-state index in [1.165, 1.54) is 5.56 Å². The van der Waals surface area contributed by atoms with Crippen LogP contribution < -0.4 is 4.74 Å². The fourth-order valence-corrected chi connectivity index (χ4v) is 4.74. The molecule has 0 bridgehead atoms. The van der Waals surface area contributed by atoms with Gasteiger partial charge in [-0.15, -0.1) is 0 Å². The number of ether oxygens (including phenoxy) is 1. The van der Waals surface area contributed by atoms with E-state index in [1.54, 1.807) is 0 Å². The van der Waals surface area contributed by atoms with E-state index in [0.29, 0.717) is 12.5 Å². The highest BCUT2D eigenvalue weighted by Gasteiger charge is 2.24. The third-order valence-electron chi connectivity index (χ3n) is 6.63. The van der Waals surface area contributed by atoms with Gasteiger partial charge in [0, 0.05) is 38.3 Å². The van der Waals surface area contributed by atoms with Crippen molar-refractivity contribution in [1.82, 2.24) is 9.80 Å². The van der Waals surface area contributed by atoms with Crippen molar-refractivity contribution in [1.29, 1.82) is 0 Å². The molecule has 5 nitrogen and oxygen atoms in total. The molecule has 1 aliphatic rings. The van der Waals surface area contributed by atoms with Crippen LogP contribution in [0.5, 0.6) is 5.75 Å². The summed E-state index contributed by atoms with van der Waals surface area (Å²) in [7, 11) is 0. The van der Waals surface area contributed by atoms with E-state index in [0.717, 1.165) is 68.7 Å². The summed E-state index contributed by atoms with van der Waals surface area (Å²) in [5.74, 6) is 1.48. The van der Waals surface area contributed by atoms with Gasteiger partial charge in [0.2, 0.25) is 0 Å². The maximum atomic E-state index is 13.2. The SMILES string of the molecule is CCC(O)CN(Cc1ccccc1)CC1CCCN(C(=O)c2ccc(OC(C)C)c(C)c2)CC1. The Morgan fingerprint density at radius 3 is 2.59 bits per heavy atom. The van der Waals surface area contributed by atoms with Crippen molar-refractivity contribution >= 4 is 5.91 Å². The lowest BCUT2D eigenvalue weighted by molar-refractivity contribution is 0.0755. The standard InChI is InChI=1S/C29H42N2O3/c1-5-27(32)21-30(19-24-10-7-6-8-11-24)20-25-12-9-16-31(17-15-25)29(33)26-13-14-28(23(4)18-26)34-22(2)3/h6-8,10-11,13-14,18,22,25,27,32H,5,9,12,15-17,19-21H2,1-4H3. The molecule has 5 heteroatoms. The number of rotatable bonds is 10. The normalized spacial score (nSPS) is 17.6. The number of hydrogen-bond donors (Lipinski definition) is 1. The van der Waals surface area contributed by atoms with Gasteiger partial charge in [-0.05, 0) is 81.7 Å². The molecule has 1 heterocycles. The number of nitrogens with zero attached hydrogens (tertiary/aromatic N) is 2. The summed E-state index contributed by atoms with van der Waals surface area (Å²) in [4.78, 5) is 17.6. The Hall–Kier alpha value is -2.37. The summed E-state index contributed by atoms with van der Waals surface area (Å²) in [5.41, 5.74) is 3.01. The Kier molecular flexibility index (Phi) is 9.97. The molecule has 1 N–H and O–H groups in total. The van der Waals surface area contributed by atoms with Crippen LogP contribution in [0, 0.1) is 12.8 Å². The van der Waals surface area contributed by atoms with Crippen LogP contribution in [0.4, 0.5) is 0 Å². The number of aliphatic hydroxyl groups is 1. The molecular weight excluding hydrogens is 424 g/mol. The maximum absolute atomic E-state index is 13.2. The molecule has 0 saturated carbocycles. The molecule has 1 fully saturated rings. The Morgan fingerprint density at radius 2 is 1.91 bits per heavy atom. The van der Waals surface area contributed by atoms with E-state index in [9.17, 15) is 9.90 Å². The first-order valence-corrected chi connectivity index (χ1v) is 12.9. The largest absolute Gasteiger partial charge is 0.491 e. The molecule has 0 aromatic heterocycles. The van der Waals surface area contributed by atoms with E-state index in [-0.39, 0.29) is 18.1 Å². The summed E-state index contributed by atoms with van der Waals surface area (Å²) < 4.78 is 5.83. The van der Waals surface area contributed by atoms with E-state index in [4.69, 9.17) is 4.74 Å². The van der Waals surface area contributed by atoms with Crippen molar-refractivity contribution in [2.24, 2.45) is 5.92 Å². The van der Waals surface area contributed by atoms with Crippen LogP contribution in [-0.2, 0) is 6.54 Å². The number of carbonyl (C=O) groups is 1. The van der Waals surface area contributed by atoms with Gasteiger partial charge < -0.3 is 14.7 Å². The summed E-state index contributed by atoms with van der Waals surface area (Å²) in [6.07, 6.45) is 3.68. The van der Waals surface area contributed by atoms with Crippen LogP contribution >= 0.6 is 0 Å². The molecule has 2 unspecified atom stereocenters. The first-order valence-electron chi connectivity index (χ1n) is 12.9. The van der Waals surface area contributed by atoms with Crippen LogP contribution in [0.15, 0.2) is 48.5 Å². The maximum Gasteiger partial charge on any atom is 0.253 e. The van der Waals surface area contributed by atoms with Crippen molar-refractivity contribution in [3.63, 3.8) is 0 Å². The molecule has 186 valence electrons. The summed E-state index contributed by atoms with van der Waals surface area (Å²) in [6, 6.07) is 16.3. The average Bonchev–Trinajstić information content (AvgIpc) is 3.05. The van der Waals surface area contributed by atoms with Gasteiger partial charge in [0.05, 0.1) is 12.2 Å². The zero-order valence-corrected chi connectivity index (χ0v) is 21.4. The third kappa shape index (κ3) is 7.85. The minimum Gasteiger partial charge on any atom is -0.491 e. The lowest BCUT2D eigenvalue weighted by Crippen LogP contribution is -2.36. The van der Waals surface area contributed by atoms with Crippen molar-refractivity contribution in [2.45, 2.75) is 72.1 Å². The first-order chi connectivity index (χ1) is 16.4. The smallest absolute Gasteiger partial charge is 0.253 e. The van der Waals surface area contributed by atoms with Gasteiger partial charge in [-0.3, -0.25) is 9.69 Å². The van der Waals surface area contributed by atoms with Crippen molar-refractivity contribution < 1.29 is 14.6 Å². The monoisotopic (exact) mass is 466 g/mol. The third-order valence-corrected chi connectivity index (χ3v) is 6.63. The minimum absolute atomic E-state index is 0.113. The quantitative estimate of drug-likeness (QED) is 0.516. The van der Waals surface area contributed by atoms with Gasteiger partial charge in [0.1, 0.15) is 5.75 Å². The van der Waals surface area contributed by atoms with Gasteiger partial charge in [-0.25, -0.2) is 0 Å². The van der Waals surface area contributed by atoms with Gasteiger partial charge in [0.25, 0.3) is 5.91 Å². The minimum atomic E-state index is -0.307. The topological polar surface area (TPSA) is 53.0 Å². The molecule has 1 saturated heterocycles. The summed E-state index contributed by atoms with van der Waals surface area (Å²) >= 11 is 0. The van der Waals surface area contributed by atoms with Crippen molar-refractivity contribution in [3.05, 3.63) is 65.2 Å². The molecule has 2 aromatic carbocycles. The Labute approximate surface area is 205 Å². The molecule has 2 aromatic rings. The van der Waals surface area contributed by atoms with E-state index >= 15 is 0 Å². The van der Waals surface area contributed by atoms with Crippen molar-refractivity contribution in [2.75, 3.05) is 26.2 Å². The highest BCUT2D eigenvalue weighted by molar-refractivity contribution is 5.94. The van der Waals surface area contributed by atoms with Crippen LogP contribution in [-0.4, -0.2) is 59.2 Å². The Bertz CT molecular complexity index is 900. The van der Waals surface area contributed by atoms with Crippen molar-refractivity contribution in [3.8, 4) is 5.75 Å². The molecular formula is C29H42N2O3. The molecule has 34 heavy (non-hydrogen) atoms. The van der Waals surface area contributed by atoms with Crippen LogP contribution in [0.1, 0.15) is 67.9 Å². The molecule has 3 rings (SSSR count). The molecule has 0 spiro atoms. The number of aryl methyl sites for hydroxylation is 1. The van der Waals surface area contributed by atoms with Crippen LogP contribution in [0.3, 0.4) is 0 Å². The first kappa shape index (κ1) is 26.2. The van der Waals surface area contributed by atoms with Gasteiger partial charge in [0.15, 0.2) is 0 Å². The number of hydrogen-bond acceptors (Lipinski definition) is 4. The number of amides is 1. The van der Waals surface area contributed by atoms with Gasteiger partial charge in [-0.1, -0.05) is 37.3 Å². The second-order valence-electron chi connectivity index (χ2n) is 9.98. The number of likely N-dealkylation sites (tertiary alicyclic amines) is 1. The van der Waals surface area contributed by atoms with Crippen LogP contribution in [0.2, 0.25) is 0 Å². The zero-order chi connectivity index (χ0) is 24.5. The van der Waals surface area contributed by atoms with Crippen LogP contribution in [0.25, 0.3) is 0 Å². The zero-order valence-electron chi connectivity index (χ0n) is 21.4. The highest BCUT2D eigenvalue weighted by atomic mass is 16.5. The Morgan fingerprint density at radius 1 is 1.15 bits per heavy atom. The summed E-state index contributed by atoms with van der Waals surface area (Å²) in [5, 5.41) is 10.3. The molecule has 1 aliphatic heterocycles. The average molecular weight is 467 g/mol. The second kappa shape index (κ2) is 12.9. The predicted octanol–water partition coefficient (Wildman–Crippen LogP) is 5.30. The highest BCUT2D eigenvalue weighted by Crippen LogP contribution is 2.24. The Balaban J connectivity index is 1.60. The molecule has 1 amide bonds. The van der Waals surface area contributed by atoms with E-state index < -0.39 is 0 Å². The summed E-state index contributed by atoms with van der Waals surface area (Å²) in [6.45, 7) is 12.1. The van der Waals surface area contributed by atoms with Gasteiger partial charge >= 0.3 is 0 Å². The lowest BCUT2D eigenvalue weighted by Gasteiger charge is -2.29. The van der Waals surface area contributed by atoms with E-state index in [2.05, 4.69) is 29.2 Å². The van der Waals surface area contributed by atoms with E-state index in [1.807, 2.05) is 56.9 Å². The van der Waals surface area contributed by atoms with Gasteiger partial charge in [-0.2, -0.15) is 0 Å². The number of aliphatic hydroxyl groups excluding tert-OH is 1. The molecule has 2 atom stereocenters. The molecule has 0 radical (unpaired) electrons. The fraction of sp³-hybridized carbons (Fsp3) is 0.552. The number of carbonyl (C=O) groups excluding carboxylic acids is 1. The predicted molar refractivity (Wildman–Crippen MR) is 138 cm³/mol. The molecule has 0 aliphatic carbocycles. The fourth-order valence-electron chi connectivity index (χ4n) is 4.74. The number of benzene rings is 2. The second-order valence-corrected chi connectivity index (χ2v) is 9.98. The lowest BCUT2D eigenvalue weighted by atomic mass is 9.99.